The maximum Gasteiger partial charge on any atom is 0.331 e. The lowest BCUT2D eigenvalue weighted by molar-refractivity contribution is -0.401. The van der Waals surface area contributed by atoms with Crippen LogP contribution in [0.15, 0.2) is 48.1 Å². The lowest BCUT2D eigenvalue weighted by Gasteiger charge is -2.71. The summed E-state index contributed by atoms with van der Waals surface area (Å²) in [6.45, 7) is 12.0. The number of aliphatic carboxylic acids is 1. The lowest BCUT2D eigenvalue weighted by atomic mass is 9.33. The minimum absolute atomic E-state index is 0.0398. The average molecular weight is 1250 g/mol. The zero-order valence-electron chi connectivity index (χ0n) is 51.0. The number of carbonyl (C=O) groups excluding carboxylic acids is 1. The highest BCUT2D eigenvalue weighted by Crippen LogP contribution is 2.76. The van der Waals surface area contributed by atoms with Gasteiger partial charge < -0.3 is 114 Å². The molecule has 4 saturated heterocycles. The van der Waals surface area contributed by atoms with Crippen LogP contribution in [0.2, 0.25) is 0 Å². The number of carboxylic acid groups (broad SMARTS) is 1. The third kappa shape index (κ3) is 11.6. The van der Waals surface area contributed by atoms with Gasteiger partial charge in [0.15, 0.2) is 25.2 Å². The van der Waals surface area contributed by atoms with E-state index in [2.05, 4.69) is 54.5 Å². The number of esters is 1. The largest absolute Gasteiger partial charge is 0.481 e. The van der Waals surface area contributed by atoms with Crippen molar-refractivity contribution < 1.29 is 124 Å². The minimum atomic E-state index is -2.11. The van der Waals surface area contributed by atoms with Gasteiger partial charge in [-0.25, -0.2) is 4.79 Å². The van der Waals surface area contributed by atoms with Crippen molar-refractivity contribution in [2.75, 3.05) is 26.4 Å². The van der Waals surface area contributed by atoms with Crippen LogP contribution < -0.4 is 0 Å². The lowest BCUT2D eigenvalue weighted by Crippen LogP contribution is -2.68. The van der Waals surface area contributed by atoms with Gasteiger partial charge >= 0.3 is 11.9 Å². The van der Waals surface area contributed by atoms with Gasteiger partial charge in [-0.05, 0) is 102 Å². The molecular formula is C63H94O25. The Hall–Kier alpha value is -3.20. The topological polar surface area (TPSA) is 400 Å². The Morgan fingerprint density at radius 1 is 0.545 bits per heavy atom. The van der Waals surface area contributed by atoms with E-state index >= 15 is 0 Å². The SMILES string of the molecule is CC1(C)CC2C3=CC[C@@H]4[C@@]5(C)CCC(O[C@@H]6O[C@H](CO)[C@@H](O)[C@H](O)[C@H]6O[C@@H]6O[C@H](CO)[C@@H](O)[C@H](O[C@@H]7O[C@H](CO)[C@@H](O)[C@H](O)[C@H]7O[C@@H]7O[C@H](CO)[C@@H](O)[C@H](O)[C@H]7O)[C@H]6O)C(C)(C)[C@@H]5CC[C@@]4(C)[C@]3(C)CC[C@@]2(C(=O)O)C[C@@H]1OC(=O)C=Cc1ccccc1. The van der Waals surface area contributed by atoms with Crippen molar-refractivity contribution in [2.45, 2.75) is 241 Å². The Kier molecular flexibility index (Phi) is 19.7. The van der Waals surface area contributed by atoms with E-state index in [9.17, 15) is 81.1 Å². The van der Waals surface area contributed by atoms with E-state index in [1.165, 1.54) is 11.6 Å². The number of fused-ring (bicyclic) bond motifs is 7. The number of hydrogen-bond donors (Lipinski definition) is 14. The molecule has 496 valence electrons. The van der Waals surface area contributed by atoms with Gasteiger partial charge in [-0.2, -0.15) is 0 Å². The Balaban J connectivity index is 0.866. The highest BCUT2D eigenvalue weighted by atomic mass is 16.8. The quantitative estimate of drug-likeness (QED) is 0.0440. The summed E-state index contributed by atoms with van der Waals surface area (Å²) in [5.74, 6) is -1.47. The van der Waals surface area contributed by atoms with E-state index in [0.29, 0.717) is 32.1 Å². The van der Waals surface area contributed by atoms with Gasteiger partial charge in [0.2, 0.25) is 0 Å². The van der Waals surface area contributed by atoms with Crippen molar-refractivity contribution in [3.63, 3.8) is 0 Å². The molecule has 25 nitrogen and oxygen atoms in total. The molecule has 0 radical (unpaired) electrons. The van der Waals surface area contributed by atoms with Crippen molar-refractivity contribution in [3.8, 4) is 0 Å². The molecule has 14 N–H and O–H groups in total. The third-order valence-corrected chi connectivity index (χ3v) is 23.1. The molecule has 1 aromatic rings. The number of carboxylic acids is 1. The van der Waals surface area contributed by atoms with Crippen LogP contribution in [0.3, 0.4) is 0 Å². The second-order valence-corrected chi connectivity index (χ2v) is 28.5. The molecule has 1 aromatic carbocycles. The van der Waals surface area contributed by atoms with Crippen LogP contribution in [0.4, 0.5) is 0 Å². The Morgan fingerprint density at radius 2 is 1.07 bits per heavy atom. The van der Waals surface area contributed by atoms with Gasteiger partial charge in [0.1, 0.15) is 104 Å². The second kappa shape index (κ2) is 25.6. The number of carbonyl (C=O) groups is 2. The molecule has 0 aromatic heterocycles. The molecule has 10 rings (SSSR count). The predicted octanol–water partition coefficient (Wildman–Crippen LogP) is -0.234. The van der Waals surface area contributed by atoms with Crippen LogP contribution in [0.1, 0.15) is 112 Å². The van der Waals surface area contributed by atoms with Gasteiger partial charge in [0, 0.05) is 17.9 Å². The first kappa shape index (κ1) is 67.7. The number of aliphatic hydroxyl groups is 13. The van der Waals surface area contributed by atoms with Crippen LogP contribution in [-0.4, -0.2) is 245 Å². The van der Waals surface area contributed by atoms with Crippen LogP contribution in [0.25, 0.3) is 6.08 Å². The summed E-state index contributed by atoms with van der Waals surface area (Å²) in [4.78, 5) is 27.2. The normalized spacial score (nSPS) is 49.1. The standard InChI is InChI=1S/C63H94O25/c1-58(2)23-31-30-14-15-37-60(5)19-18-38(59(3,4)36(60)17-20-62(37,7)61(30,6)21-22-63(31,57(78)79)24-39(58)84-40(68)16-13-29-11-9-8-10-12-29)85-55-51(46(74)42(70)33(26-65)82-55)88-54-49(77)50(44(72)35(28-67)81-54)86-56-52(47(75)43(71)34(27-66)83-56)87-53-48(76)45(73)41(69)32(25-64)80-53/h8-14,16,31-39,41-56,64-67,69-77H,15,17-28H2,1-7H3,(H,78,79)/t31?,32-,33-,34-,35-,36+,37-,38?,39+,41-,42-,43-,44-,45+,46+,47+,48-,49-,50+,51-,52-,53+,54+,55+,56+,60+,61-,62-,63-/m1/s1. The number of benzene rings is 1. The van der Waals surface area contributed by atoms with Crippen LogP contribution in [-0.2, 0) is 52.2 Å². The van der Waals surface area contributed by atoms with Gasteiger partial charge in [0.05, 0.1) is 37.9 Å². The molecule has 4 heterocycles. The summed E-state index contributed by atoms with van der Waals surface area (Å²) < 4.78 is 54.6. The fourth-order valence-corrected chi connectivity index (χ4v) is 17.7. The van der Waals surface area contributed by atoms with Gasteiger partial charge in [-0.3, -0.25) is 4.79 Å². The Labute approximate surface area is 511 Å². The summed E-state index contributed by atoms with van der Waals surface area (Å²) in [5.41, 5.74) is -1.14. The first-order valence-corrected chi connectivity index (χ1v) is 31.1. The first-order valence-electron chi connectivity index (χ1n) is 31.1. The fourth-order valence-electron chi connectivity index (χ4n) is 17.7. The minimum Gasteiger partial charge on any atom is -0.481 e. The van der Waals surface area contributed by atoms with Crippen molar-refractivity contribution >= 4 is 18.0 Å². The second-order valence-electron chi connectivity index (χ2n) is 28.5. The smallest absolute Gasteiger partial charge is 0.331 e. The Morgan fingerprint density at radius 3 is 1.64 bits per heavy atom. The van der Waals surface area contributed by atoms with Crippen molar-refractivity contribution in [2.24, 2.45) is 50.2 Å². The molecule has 0 amide bonds. The monoisotopic (exact) mass is 1250 g/mol. The number of rotatable bonds is 16. The summed E-state index contributed by atoms with van der Waals surface area (Å²) in [6.07, 6.45) is -26.9. The predicted molar refractivity (Wildman–Crippen MR) is 304 cm³/mol. The summed E-state index contributed by atoms with van der Waals surface area (Å²) in [7, 11) is 0. The molecular weight excluding hydrogens is 1160 g/mol. The van der Waals surface area contributed by atoms with Crippen LogP contribution >= 0.6 is 0 Å². The number of allylic oxidation sites excluding steroid dienone is 2. The Bertz CT molecular complexity index is 2660. The zero-order chi connectivity index (χ0) is 64.0. The van der Waals surface area contributed by atoms with Gasteiger partial charge in [-0.15, -0.1) is 0 Å². The average Bonchev–Trinajstić information content (AvgIpc) is 0.678. The third-order valence-electron chi connectivity index (χ3n) is 23.1. The highest BCUT2D eigenvalue weighted by Gasteiger charge is 2.71. The molecule has 88 heavy (non-hydrogen) atoms. The molecule has 0 spiro atoms. The molecule has 2 unspecified atom stereocenters. The molecule has 4 saturated carbocycles. The fraction of sp³-hybridized carbons (Fsp3) is 0.810. The molecule has 0 bridgehead atoms. The molecule has 5 aliphatic carbocycles. The summed E-state index contributed by atoms with van der Waals surface area (Å²) in [6, 6.07) is 9.42. The summed E-state index contributed by atoms with van der Waals surface area (Å²) in [5, 5.41) is 153. The maximum absolute atomic E-state index is 13.8. The number of ether oxygens (including phenoxy) is 9. The molecule has 9 aliphatic rings. The van der Waals surface area contributed by atoms with E-state index in [4.69, 9.17) is 42.6 Å². The number of hydrogen-bond acceptors (Lipinski definition) is 24. The van der Waals surface area contributed by atoms with Crippen molar-refractivity contribution in [1.82, 2.24) is 0 Å². The van der Waals surface area contributed by atoms with Crippen molar-refractivity contribution in [1.29, 1.82) is 0 Å². The number of aliphatic hydroxyl groups excluding tert-OH is 13. The molecule has 25 heteroatoms. The van der Waals surface area contributed by atoms with Crippen LogP contribution in [0.5, 0.6) is 0 Å². The van der Waals surface area contributed by atoms with Gasteiger partial charge in [-0.1, -0.05) is 90.4 Å². The van der Waals surface area contributed by atoms with Gasteiger partial charge in [0.25, 0.3) is 0 Å². The first-order chi connectivity index (χ1) is 41.5. The maximum atomic E-state index is 13.8. The molecule has 4 aliphatic heterocycles. The van der Waals surface area contributed by atoms with E-state index in [1.807, 2.05) is 30.3 Å². The molecule has 8 fully saturated rings. The van der Waals surface area contributed by atoms with E-state index < -0.39 is 190 Å². The highest BCUT2D eigenvalue weighted by molar-refractivity contribution is 5.87. The van der Waals surface area contributed by atoms with Crippen molar-refractivity contribution in [3.05, 3.63) is 53.6 Å². The van der Waals surface area contributed by atoms with Crippen LogP contribution in [0, 0.1) is 50.2 Å². The van der Waals surface area contributed by atoms with E-state index in [1.54, 1.807) is 6.08 Å². The summed E-state index contributed by atoms with van der Waals surface area (Å²) >= 11 is 0. The molecule has 29 atom stereocenters. The van der Waals surface area contributed by atoms with E-state index in [-0.39, 0.29) is 40.4 Å². The zero-order valence-corrected chi connectivity index (χ0v) is 51.0. The van der Waals surface area contributed by atoms with E-state index in [0.717, 1.165) is 24.8 Å².